The van der Waals surface area contributed by atoms with E-state index < -0.39 is 0 Å². The topological polar surface area (TPSA) is 54.0 Å². The van der Waals surface area contributed by atoms with Crippen LogP contribution in [0.25, 0.3) is 0 Å². The molecule has 2 heterocycles. The van der Waals surface area contributed by atoms with Crippen molar-refractivity contribution >= 4 is 11.7 Å². The van der Waals surface area contributed by atoms with Gasteiger partial charge in [-0.1, -0.05) is 13.0 Å². The fourth-order valence-corrected chi connectivity index (χ4v) is 2.00. The van der Waals surface area contributed by atoms with Gasteiger partial charge in [0.05, 0.1) is 6.04 Å². The van der Waals surface area contributed by atoms with E-state index in [0.29, 0.717) is 11.7 Å². The zero-order valence-corrected chi connectivity index (χ0v) is 9.66. The smallest absolute Gasteiger partial charge is 0.242 e. The number of carbonyl (C=O) groups is 1. The molecule has 0 aromatic carbocycles. The molecular formula is C12H17N3O. The largest absolute Gasteiger partial charge is 0.309 e. The van der Waals surface area contributed by atoms with Crippen LogP contribution in [0.15, 0.2) is 18.3 Å². The summed E-state index contributed by atoms with van der Waals surface area (Å²) in [6.45, 7) is 4.95. The fourth-order valence-electron chi connectivity index (χ4n) is 2.00. The highest BCUT2D eigenvalue weighted by Gasteiger charge is 2.29. The second-order valence-corrected chi connectivity index (χ2v) is 4.36. The molecular weight excluding hydrogens is 202 g/mol. The molecule has 0 bridgehead atoms. The van der Waals surface area contributed by atoms with Crippen LogP contribution in [0.2, 0.25) is 0 Å². The van der Waals surface area contributed by atoms with Gasteiger partial charge in [0.1, 0.15) is 5.82 Å². The SMILES string of the molecule is Cc1cccnc1NC(=O)C1NCCC1C. The van der Waals surface area contributed by atoms with Crippen molar-refractivity contribution in [3.63, 3.8) is 0 Å². The first-order valence-electron chi connectivity index (χ1n) is 5.64. The summed E-state index contributed by atoms with van der Waals surface area (Å²) in [6, 6.07) is 3.72. The number of aryl methyl sites for hydroxylation is 1. The quantitative estimate of drug-likeness (QED) is 0.789. The fraction of sp³-hybridized carbons (Fsp3) is 0.500. The number of amides is 1. The van der Waals surface area contributed by atoms with Crippen LogP contribution in [0.4, 0.5) is 5.82 Å². The number of nitrogens with one attached hydrogen (secondary N) is 2. The molecule has 86 valence electrons. The van der Waals surface area contributed by atoms with Crippen LogP contribution in [-0.4, -0.2) is 23.5 Å². The first-order valence-corrected chi connectivity index (χ1v) is 5.64. The molecule has 2 N–H and O–H groups in total. The molecule has 1 fully saturated rings. The first-order chi connectivity index (χ1) is 7.68. The minimum absolute atomic E-state index is 0.0202. The molecule has 1 amide bonds. The maximum Gasteiger partial charge on any atom is 0.242 e. The lowest BCUT2D eigenvalue weighted by Crippen LogP contribution is -2.39. The first kappa shape index (κ1) is 11.1. The van der Waals surface area contributed by atoms with Gasteiger partial charge in [-0.3, -0.25) is 4.79 Å². The lowest BCUT2D eigenvalue weighted by Gasteiger charge is -2.15. The Morgan fingerprint density at radius 1 is 1.62 bits per heavy atom. The second-order valence-electron chi connectivity index (χ2n) is 4.36. The molecule has 1 saturated heterocycles. The van der Waals surface area contributed by atoms with E-state index in [9.17, 15) is 4.79 Å². The minimum atomic E-state index is -0.0820. The standard InChI is InChI=1S/C12H17N3O/c1-8-5-7-13-10(8)12(16)15-11-9(2)4-3-6-14-11/h3-4,6,8,10,13H,5,7H2,1-2H3,(H,14,15,16). The maximum atomic E-state index is 12.0. The van der Waals surface area contributed by atoms with Gasteiger partial charge in [0, 0.05) is 6.20 Å². The lowest BCUT2D eigenvalue weighted by atomic mass is 10.0. The van der Waals surface area contributed by atoms with E-state index in [2.05, 4.69) is 22.5 Å². The van der Waals surface area contributed by atoms with E-state index in [1.165, 1.54) is 0 Å². The van der Waals surface area contributed by atoms with Crippen LogP contribution in [0.5, 0.6) is 0 Å². The molecule has 2 atom stereocenters. The number of aromatic nitrogens is 1. The Morgan fingerprint density at radius 3 is 3.06 bits per heavy atom. The van der Waals surface area contributed by atoms with Crippen LogP contribution >= 0.6 is 0 Å². The van der Waals surface area contributed by atoms with Crippen molar-refractivity contribution < 1.29 is 4.79 Å². The third kappa shape index (κ3) is 2.22. The highest BCUT2D eigenvalue weighted by Crippen LogP contribution is 2.17. The van der Waals surface area contributed by atoms with E-state index in [4.69, 9.17) is 0 Å². The Hall–Kier alpha value is -1.42. The molecule has 4 nitrogen and oxygen atoms in total. The summed E-state index contributed by atoms with van der Waals surface area (Å²) >= 11 is 0. The summed E-state index contributed by atoms with van der Waals surface area (Å²) < 4.78 is 0. The highest BCUT2D eigenvalue weighted by molar-refractivity contribution is 5.94. The third-order valence-corrected chi connectivity index (χ3v) is 3.07. The van der Waals surface area contributed by atoms with Crippen molar-refractivity contribution in [2.24, 2.45) is 5.92 Å². The average molecular weight is 219 g/mol. The molecule has 1 aromatic rings. The Kier molecular flexibility index (Phi) is 3.19. The van der Waals surface area contributed by atoms with E-state index >= 15 is 0 Å². The summed E-state index contributed by atoms with van der Waals surface area (Å²) in [5.41, 5.74) is 0.988. The molecule has 0 spiro atoms. The molecule has 2 rings (SSSR count). The molecule has 1 aromatic heterocycles. The number of carbonyl (C=O) groups excluding carboxylic acids is 1. The number of rotatable bonds is 2. The predicted octanol–water partition coefficient (Wildman–Crippen LogP) is 1.33. The van der Waals surface area contributed by atoms with Gasteiger partial charge < -0.3 is 10.6 Å². The molecule has 0 aliphatic carbocycles. The predicted molar refractivity (Wildman–Crippen MR) is 63.2 cm³/mol. The van der Waals surface area contributed by atoms with E-state index in [-0.39, 0.29) is 11.9 Å². The maximum absolute atomic E-state index is 12.0. The van der Waals surface area contributed by atoms with Crippen LogP contribution in [-0.2, 0) is 4.79 Å². The molecule has 1 aliphatic rings. The number of anilines is 1. The van der Waals surface area contributed by atoms with E-state index in [1.807, 2.05) is 19.1 Å². The molecule has 2 unspecified atom stereocenters. The normalized spacial score (nSPS) is 24.4. The van der Waals surface area contributed by atoms with Crippen molar-refractivity contribution in [2.75, 3.05) is 11.9 Å². The average Bonchev–Trinajstić information content (AvgIpc) is 2.68. The van der Waals surface area contributed by atoms with Gasteiger partial charge in [0.25, 0.3) is 0 Å². The van der Waals surface area contributed by atoms with Crippen molar-refractivity contribution in [2.45, 2.75) is 26.3 Å². The monoisotopic (exact) mass is 219 g/mol. The number of nitrogens with zero attached hydrogens (tertiary/aromatic N) is 1. The van der Waals surface area contributed by atoms with Gasteiger partial charge in [-0.2, -0.15) is 0 Å². The number of hydrogen-bond acceptors (Lipinski definition) is 3. The highest BCUT2D eigenvalue weighted by atomic mass is 16.2. The summed E-state index contributed by atoms with van der Waals surface area (Å²) in [4.78, 5) is 16.1. The van der Waals surface area contributed by atoms with Crippen LogP contribution in [0.3, 0.4) is 0 Å². The van der Waals surface area contributed by atoms with Crippen molar-refractivity contribution in [1.29, 1.82) is 0 Å². The zero-order valence-electron chi connectivity index (χ0n) is 9.66. The van der Waals surface area contributed by atoms with Crippen LogP contribution in [0, 0.1) is 12.8 Å². The minimum Gasteiger partial charge on any atom is -0.309 e. The van der Waals surface area contributed by atoms with Crippen molar-refractivity contribution in [3.8, 4) is 0 Å². The number of hydrogen-bond donors (Lipinski definition) is 2. The summed E-state index contributed by atoms with van der Waals surface area (Å²) in [7, 11) is 0. The number of pyridine rings is 1. The summed E-state index contributed by atoms with van der Waals surface area (Å²) in [5, 5.41) is 6.08. The Morgan fingerprint density at radius 2 is 2.44 bits per heavy atom. The Bertz CT molecular complexity index is 392. The van der Waals surface area contributed by atoms with Gasteiger partial charge in [-0.15, -0.1) is 0 Å². The van der Waals surface area contributed by atoms with Crippen molar-refractivity contribution in [3.05, 3.63) is 23.9 Å². The van der Waals surface area contributed by atoms with Gasteiger partial charge in [0.2, 0.25) is 5.91 Å². The zero-order chi connectivity index (χ0) is 11.5. The van der Waals surface area contributed by atoms with Gasteiger partial charge in [0.15, 0.2) is 0 Å². The van der Waals surface area contributed by atoms with Crippen molar-refractivity contribution in [1.82, 2.24) is 10.3 Å². The summed E-state index contributed by atoms with van der Waals surface area (Å²) in [5.74, 6) is 1.07. The van der Waals surface area contributed by atoms with E-state index in [1.54, 1.807) is 6.20 Å². The molecule has 0 saturated carbocycles. The molecule has 4 heteroatoms. The van der Waals surface area contributed by atoms with E-state index in [0.717, 1.165) is 18.5 Å². The molecule has 1 aliphatic heterocycles. The second kappa shape index (κ2) is 4.61. The van der Waals surface area contributed by atoms with Gasteiger partial charge >= 0.3 is 0 Å². The van der Waals surface area contributed by atoms with Crippen LogP contribution in [0.1, 0.15) is 18.9 Å². The van der Waals surface area contributed by atoms with Gasteiger partial charge in [-0.05, 0) is 37.4 Å². The Labute approximate surface area is 95.5 Å². The molecule has 0 radical (unpaired) electrons. The summed E-state index contributed by atoms with van der Waals surface area (Å²) in [6.07, 6.45) is 2.74. The molecule has 16 heavy (non-hydrogen) atoms. The van der Waals surface area contributed by atoms with Crippen LogP contribution < -0.4 is 10.6 Å². The van der Waals surface area contributed by atoms with Gasteiger partial charge in [-0.25, -0.2) is 4.98 Å². The Balaban J connectivity index is 2.05. The third-order valence-electron chi connectivity index (χ3n) is 3.07. The lowest BCUT2D eigenvalue weighted by molar-refractivity contribution is -0.118.